The molecule has 1 amide bonds. The second-order valence-electron chi connectivity index (χ2n) is 6.21. The number of carbonyl (C=O) groups excluding carboxylic acids is 1. The first kappa shape index (κ1) is 17.8. The molecule has 23 heavy (non-hydrogen) atoms. The Bertz CT molecular complexity index is 578. The summed E-state index contributed by atoms with van der Waals surface area (Å²) in [6.07, 6.45) is 6.95. The van der Waals surface area contributed by atoms with Crippen LogP contribution in [0.25, 0.3) is 0 Å². The zero-order valence-electron chi connectivity index (χ0n) is 14.0. The van der Waals surface area contributed by atoms with Crippen LogP contribution in [-0.2, 0) is 4.79 Å². The molecule has 0 saturated carbocycles. The average molecular weight is 337 g/mol. The third-order valence-electron chi connectivity index (χ3n) is 4.51. The van der Waals surface area contributed by atoms with Gasteiger partial charge in [0.15, 0.2) is 0 Å². The molecule has 1 fully saturated rings. The lowest BCUT2D eigenvalue weighted by molar-refractivity contribution is -0.122. The minimum absolute atomic E-state index is 0.00774. The molecule has 0 aliphatic carbocycles. The van der Waals surface area contributed by atoms with Gasteiger partial charge in [0.05, 0.1) is 6.04 Å². The highest BCUT2D eigenvalue weighted by Crippen LogP contribution is 2.28. The van der Waals surface area contributed by atoms with Crippen molar-refractivity contribution in [1.29, 1.82) is 0 Å². The number of aromatic hydroxyl groups is 1. The number of phenols is 1. The number of nitrogens with one attached hydrogen (secondary N) is 1. The van der Waals surface area contributed by atoms with E-state index in [1.165, 1.54) is 0 Å². The first-order valence-electron chi connectivity index (χ1n) is 7.99. The van der Waals surface area contributed by atoms with E-state index in [0.29, 0.717) is 5.88 Å². The lowest BCUT2D eigenvalue weighted by Gasteiger charge is -2.37. The van der Waals surface area contributed by atoms with E-state index in [4.69, 9.17) is 11.6 Å². The molecule has 2 unspecified atom stereocenters. The first-order chi connectivity index (χ1) is 10.9. The molecular weight excluding hydrogens is 312 g/mol. The Morgan fingerprint density at radius 1 is 1.39 bits per heavy atom. The number of halogens is 1. The van der Waals surface area contributed by atoms with Crippen molar-refractivity contribution in [2.24, 2.45) is 0 Å². The molecule has 1 aliphatic rings. The van der Waals surface area contributed by atoms with E-state index in [1.54, 1.807) is 12.1 Å². The van der Waals surface area contributed by atoms with Crippen molar-refractivity contribution in [2.75, 3.05) is 18.2 Å². The lowest BCUT2D eigenvalue weighted by atomic mass is 9.95. The molecule has 0 bridgehead atoms. The second-order valence-corrected chi connectivity index (χ2v) is 6.51. The van der Waals surface area contributed by atoms with Crippen LogP contribution in [0.4, 0.5) is 5.69 Å². The number of rotatable bonds is 4. The number of alkyl halides is 1. The third-order valence-corrected chi connectivity index (χ3v) is 4.69. The number of amides is 1. The molecule has 1 saturated heterocycles. The standard InChI is InChI=1S/C18H25ClN2O2/c1-12-10-15(22)11-13(2)17(12)20-18(23)16-8-4-6-14(21(16)3)7-5-9-19/h5,7,10-11,14,16,22H,4,6,8-9H2,1-3H3,(H,20,23)/b7-5+. The Kier molecular flexibility index (Phi) is 6.08. The molecule has 5 heteroatoms. The highest BCUT2D eigenvalue weighted by atomic mass is 35.5. The smallest absolute Gasteiger partial charge is 0.241 e. The Labute approximate surface area is 143 Å². The summed E-state index contributed by atoms with van der Waals surface area (Å²) >= 11 is 5.72. The molecule has 1 aromatic rings. The van der Waals surface area contributed by atoms with Gasteiger partial charge in [0, 0.05) is 17.6 Å². The maximum atomic E-state index is 12.7. The number of piperidine rings is 1. The third kappa shape index (κ3) is 4.27. The second kappa shape index (κ2) is 7.84. The molecule has 2 N–H and O–H groups in total. The molecule has 126 valence electrons. The maximum absolute atomic E-state index is 12.7. The van der Waals surface area contributed by atoms with Gasteiger partial charge < -0.3 is 10.4 Å². The highest BCUT2D eigenvalue weighted by Gasteiger charge is 2.31. The van der Waals surface area contributed by atoms with Gasteiger partial charge in [-0.2, -0.15) is 0 Å². The minimum atomic E-state index is -0.152. The number of aryl methyl sites for hydroxylation is 2. The number of nitrogens with zero attached hydrogens (tertiary/aromatic N) is 1. The molecule has 2 rings (SSSR count). The summed E-state index contributed by atoms with van der Waals surface area (Å²) in [4.78, 5) is 14.8. The van der Waals surface area contributed by atoms with E-state index >= 15 is 0 Å². The van der Waals surface area contributed by atoms with Gasteiger partial charge in [-0.3, -0.25) is 9.69 Å². The summed E-state index contributed by atoms with van der Waals surface area (Å²) < 4.78 is 0. The van der Waals surface area contributed by atoms with E-state index in [2.05, 4.69) is 16.3 Å². The topological polar surface area (TPSA) is 52.6 Å². The van der Waals surface area contributed by atoms with Gasteiger partial charge in [-0.05, 0) is 63.4 Å². The van der Waals surface area contributed by atoms with Gasteiger partial charge in [0.25, 0.3) is 0 Å². The van der Waals surface area contributed by atoms with Gasteiger partial charge in [-0.1, -0.05) is 12.2 Å². The van der Waals surface area contributed by atoms with Crippen LogP contribution in [0.15, 0.2) is 24.3 Å². The predicted octanol–water partition coefficient (Wildman–Crippen LogP) is 3.60. The van der Waals surface area contributed by atoms with Gasteiger partial charge in [-0.25, -0.2) is 0 Å². The number of phenolic OH excluding ortho intramolecular Hbond substituents is 1. The van der Waals surface area contributed by atoms with Crippen molar-refractivity contribution < 1.29 is 9.90 Å². The molecule has 1 heterocycles. The van der Waals surface area contributed by atoms with Crippen molar-refractivity contribution in [3.05, 3.63) is 35.4 Å². The SMILES string of the molecule is Cc1cc(O)cc(C)c1NC(=O)C1CCCC(/C=C/CCl)N1C. The number of benzene rings is 1. The van der Waals surface area contributed by atoms with Gasteiger partial charge >= 0.3 is 0 Å². The van der Waals surface area contributed by atoms with Crippen molar-refractivity contribution in [3.8, 4) is 5.75 Å². The number of anilines is 1. The summed E-state index contributed by atoms with van der Waals surface area (Å²) in [6, 6.07) is 3.43. The predicted molar refractivity (Wildman–Crippen MR) is 95.3 cm³/mol. The largest absolute Gasteiger partial charge is 0.508 e. The Balaban J connectivity index is 2.12. The maximum Gasteiger partial charge on any atom is 0.241 e. The summed E-state index contributed by atoms with van der Waals surface area (Å²) in [5.41, 5.74) is 2.53. The van der Waals surface area contributed by atoms with Crippen LogP contribution < -0.4 is 5.32 Å². The van der Waals surface area contributed by atoms with Crippen molar-refractivity contribution in [3.63, 3.8) is 0 Å². The lowest BCUT2D eigenvalue weighted by Crippen LogP contribution is -2.49. The summed E-state index contributed by atoms with van der Waals surface area (Å²) in [5.74, 6) is 0.722. The summed E-state index contributed by atoms with van der Waals surface area (Å²) in [6.45, 7) is 3.78. The normalized spacial score (nSPS) is 22.4. The van der Waals surface area contributed by atoms with E-state index in [0.717, 1.165) is 36.1 Å². The molecule has 0 aromatic heterocycles. The van der Waals surface area contributed by atoms with Crippen LogP contribution in [0, 0.1) is 13.8 Å². The zero-order valence-corrected chi connectivity index (χ0v) is 14.7. The van der Waals surface area contributed by atoms with Crippen molar-refractivity contribution in [2.45, 2.75) is 45.2 Å². The van der Waals surface area contributed by atoms with Crippen LogP contribution in [0.1, 0.15) is 30.4 Å². The molecule has 2 atom stereocenters. The summed E-state index contributed by atoms with van der Waals surface area (Å²) in [5, 5.41) is 12.7. The fourth-order valence-electron chi connectivity index (χ4n) is 3.26. The fraction of sp³-hybridized carbons (Fsp3) is 0.500. The fourth-order valence-corrected chi connectivity index (χ4v) is 3.36. The molecule has 1 aliphatic heterocycles. The van der Waals surface area contributed by atoms with Crippen molar-refractivity contribution in [1.82, 2.24) is 4.90 Å². The number of likely N-dealkylation sites (N-methyl/N-ethyl adjacent to an activating group) is 1. The van der Waals surface area contributed by atoms with Gasteiger partial charge in [0.2, 0.25) is 5.91 Å². The average Bonchev–Trinajstić information content (AvgIpc) is 2.49. The van der Waals surface area contributed by atoms with Crippen LogP contribution >= 0.6 is 11.6 Å². The van der Waals surface area contributed by atoms with Crippen LogP contribution in [-0.4, -0.2) is 40.9 Å². The number of carbonyl (C=O) groups is 1. The van der Waals surface area contributed by atoms with Crippen LogP contribution in [0.5, 0.6) is 5.75 Å². The van der Waals surface area contributed by atoms with E-state index in [1.807, 2.05) is 27.0 Å². The molecule has 0 radical (unpaired) electrons. The Morgan fingerprint density at radius 2 is 2.04 bits per heavy atom. The zero-order chi connectivity index (χ0) is 17.0. The molecule has 4 nitrogen and oxygen atoms in total. The molecular formula is C18H25ClN2O2. The number of hydrogen-bond donors (Lipinski definition) is 2. The number of hydrogen-bond acceptors (Lipinski definition) is 3. The van der Waals surface area contributed by atoms with E-state index in [-0.39, 0.29) is 23.7 Å². The summed E-state index contributed by atoms with van der Waals surface area (Å²) in [7, 11) is 1.99. The van der Waals surface area contributed by atoms with E-state index < -0.39 is 0 Å². The first-order valence-corrected chi connectivity index (χ1v) is 8.53. The Morgan fingerprint density at radius 3 is 2.65 bits per heavy atom. The number of allylic oxidation sites excluding steroid dienone is 1. The van der Waals surface area contributed by atoms with Crippen molar-refractivity contribution >= 4 is 23.2 Å². The van der Waals surface area contributed by atoms with E-state index in [9.17, 15) is 9.90 Å². The van der Waals surface area contributed by atoms with Gasteiger partial charge in [0.1, 0.15) is 5.75 Å². The Hall–Kier alpha value is -1.52. The quantitative estimate of drug-likeness (QED) is 0.502. The highest BCUT2D eigenvalue weighted by molar-refractivity contribution is 6.18. The van der Waals surface area contributed by atoms with Gasteiger partial charge in [-0.15, -0.1) is 11.6 Å². The van der Waals surface area contributed by atoms with Crippen LogP contribution in [0.3, 0.4) is 0 Å². The molecule has 0 spiro atoms. The number of likely N-dealkylation sites (tertiary alicyclic amines) is 1. The minimum Gasteiger partial charge on any atom is -0.508 e. The monoisotopic (exact) mass is 336 g/mol. The molecule has 1 aromatic carbocycles. The van der Waals surface area contributed by atoms with Crippen LogP contribution in [0.2, 0.25) is 0 Å².